The zero-order chi connectivity index (χ0) is 15.4. The van der Waals surface area contributed by atoms with Gasteiger partial charge in [0.05, 0.1) is 19.3 Å². The van der Waals surface area contributed by atoms with Crippen molar-refractivity contribution in [2.45, 2.75) is 45.6 Å². The van der Waals surface area contributed by atoms with E-state index in [1.54, 1.807) is 13.0 Å². The van der Waals surface area contributed by atoms with Gasteiger partial charge < -0.3 is 15.3 Å². The van der Waals surface area contributed by atoms with Crippen molar-refractivity contribution in [3.05, 3.63) is 12.2 Å². The molecule has 0 heterocycles. The summed E-state index contributed by atoms with van der Waals surface area (Å²) >= 11 is 0. The fourth-order valence-corrected chi connectivity index (χ4v) is 1.60. The van der Waals surface area contributed by atoms with Gasteiger partial charge in [0, 0.05) is 6.54 Å². The van der Waals surface area contributed by atoms with Crippen LogP contribution in [0.1, 0.15) is 39.5 Å². The Balaban J connectivity index is 0. The molecule has 0 rings (SSSR count). The summed E-state index contributed by atoms with van der Waals surface area (Å²) in [5.41, 5.74) is 0. The van der Waals surface area contributed by atoms with E-state index in [2.05, 4.69) is 11.9 Å². The SMILES string of the molecule is CCCC/C=C/CC([O-])=NCN(CC(=O)O)CC(C)O.[Li+]. The van der Waals surface area contributed by atoms with Crippen molar-refractivity contribution < 1.29 is 39.0 Å². The van der Waals surface area contributed by atoms with Gasteiger partial charge in [0.1, 0.15) is 0 Å². The number of allylic oxidation sites excluding steroid dienone is 1. The predicted molar refractivity (Wildman–Crippen MR) is 76.5 cm³/mol. The Morgan fingerprint density at radius 2 is 2.10 bits per heavy atom. The van der Waals surface area contributed by atoms with Gasteiger partial charge in [-0.05, 0) is 25.7 Å². The molecule has 0 aliphatic rings. The number of nitrogens with zero attached hydrogens (tertiary/aromatic N) is 2. The van der Waals surface area contributed by atoms with Crippen LogP contribution in [0.2, 0.25) is 0 Å². The summed E-state index contributed by atoms with van der Waals surface area (Å²) in [7, 11) is 0. The van der Waals surface area contributed by atoms with Crippen LogP contribution in [0.4, 0.5) is 0 Å². The molecule has 0 amide bonds. The van der Waals surface area contributed by atoms with Crippen molar-refractivity contribution in [2.75, 3.05) is 19.8 Å². The van der Waals surface area contributed by atoms with Crippen molar-refractivity contribution in [1.82, 2.24) is 4.90 Å². The fraction of sp³-hybridized carbons (Fsp3) is 0.714. The van der Waals surface area contributed by atoms with Gasteiger partial charge >= 0.3 is 24.8 Å². The molecule has 0 aliphatic carbocycles. The molecule has 0 aliphatic heterocycles. The quantitative estimate of drug-likeness (QED) is 0.146. The van der Waals surface area contributed by atoms with Crippen LogP contribution in [0.3, 0.4) is 0 Å². The first-order chi connectivity index (χ1) is 9.45. The summed E-state index contributed by atoms with van der Waals surface area (Å²) in [6, 6.07) is 0. The Bertz CT molecular complexity index is 333. The van der Waals surface area contributed by atoms with E-state index in [1.165, 1.54) is 4.90 Å². The van der Waals surface area contributed by atoms with Gasteiger partial charge in [-0.15, -0.1) is 0 Å². The van der Waals surface area contributed by atoms with E-state index in [-0.39, 0.29) is 50.9 Å². The van der Waals surface area contributed by atoms with Gasteiger partial charge in [0.15, 0.2) is 0 Å². The molecule has 0 aromatic rings. The number of carbonyl (C=O) groups is 1. The van der Waals surface area contributed by atoms with E-state index in [0.717, 1.165) is 19.3 Å². The zero-order valence-corrected chi connectivity index (χ0v) is 13.3. The number of rotatable bonds is 11. The number of carboxylic acids is 1. The van der Waals surface area contributed by atoms with Crippen LogP contribution in [0.15, 0.2) is 17.1 Å². The second-order valence-corrected chi connectivity index (χ2v) is 4.77. The van der Waals surface area contributed by atoms with Gasteiger partial charge in [-0.1, -0.05) is 31.9 Å². The molecule has 21 heavy (non-hydrogen) atoms. The number of hydrogen-bond donors (Lipinski definition) is 2. The summed E-state index contributed by atoms with van der Waals surface area (Å²) in [6.45, 7) is 3.60. The van der Waals surface area contributed by atoms with Gasteiger partial charge in [0.25, 0.3) is 0 Å². The molecular weight excluding hydrogens is 267 g/mol. The largest absolute Gasteiger partial charge is 1.00 e. The Morgan fingerprint density at radius 1 is 1.43 bits per heavy atom. The fourth-order valence-electron chi connectivity index (χ4n) is 1.60. The van der Waals surface area contributed by atoms with Gasteiger partial charge in [-0.3, -0.25) is 14.7 Å². The summed E-state index contributed by atoms with van der Waals surface area (Å²) < 4.78 is 0. The van der Waals surface area contributed by atoms with Crippen LogP contribution < -0.4 is 24.0 Å². The Morgan fingerprint density at radius 3 is 2.62 bits per heavy atom. The molecule has 0 saturated heterocycles. The Kier molecular flexibility index (Phi) is 15.1. The minimum atomic E-state index is -1.01. The third-order valence-corrected chi connectivity index (χ3v) is 2.51. The molecule has 6 nitrogen and oxygen atoms in total. The number of hydrogen-bond acceptors (Lipinski definition) is 5. The maximum Gasteiger partial charge on any atom is 1.00 e. The summed E-state index contributed by atoms with van der Waals surface area (Å²) in [4.78, 5) is 15.9. The molecule has 0 bridgehead atoms. The molecule has 0 spiro atoms. The molecule has 7 heteroatoms. The zero-order valence-electron chi connectivity index (χ0n) is 13.3. The van der Waals surface area contributed by atoms with Crippen LogP contribution >= 0.6 is 0 Å². The van der Waals surface area contributed by atoms with Crippen LogP contribution in [0.5, 0.6) is 0 Å². The van der Waals surface area contributed by atoms with Crippen molar-refractivity contribution >= 4 is 11.9 Å². The summed E-state index contributed by atoms with van der Waals surface area (Å²) in [5, 5.41) is 29.5. The number of unbranched alkanes of at least 4 members (excludes halogenated alkanes) is 2. The average molecular weight is 292 g/mol. The van der Waals surface area contributed by atoms with Crippen molar-refractivity contribution in [1.29, 1.82) is 0 Å². The first-order valence-corrected chi connectivity index (χ1v) is 6.93. The van der Waals surface area contributed by atoms with Gasteiger partial charge in [-0.25, -0.2) is 0 Å². The Hall–Kier alpha value is -0.803. The molecule has 0 saturated carbocycles. The molecule has 1 unspecified atom stereocenters. The standard InChI is InChI=1S/C14H26N2O4.Li/c1-3-4-5-6-7-8-13(18)15-11-16(9-12(2)17)10-14(19)20;/h6-7,12,17H,3-5,8-11H2,1-2H3,(H,15,18)(H,19,20);/q;+1/p-1/b7-6+;. The molecule has 1 atom stereocenters. The van der Waals surface area contributed by atoms with Crippen LogP contribution in [0.25, 0.3) is 0 Å². The number of carboxylic acid groups (broad SMARTS) is 1. The Labute approximate surface area is 138 Å². The van der Waals surface area contributed by atoms with E-state index >= 15 is 0 Å². The molecule has 0 fully saturated rings. The normalized spacial score (nSPS) is 13.4. The molecule has 0 aromatic carbocycles. The van der Waals surface area contributed by atoms with Crippen molar-refractivity contribution in [3.8, 4) is 0 Å². The second-order valence-electron chi connectivity index (χ2n) is 4.77. The van der Waals surface area contributed by atoms with Crippen molar-refractivity contribution in [3.63, 3.8) is 0 Å². The molecule has 2 N–H and O–H groups in total. The number of aliphatic carboxylic acids is 1. The van der Waals surface area contributed by atoms with Crippen LogP contribution in [0, 0.1) is 0 Å². The molecule has 116 valence electrons. The summed E-state index contributed by atoms with van der Waals surface area (Å²) in [6.07, 6.45) is 6.50. The third-order valence-electron chi connectivity index (χ3n) is 2.51. The molecule has 0 radical (unpaired) electrons. The van der Waals surface area contributed by atoms with Gasteiger partial charge in [-0.2, -0.15) is 0 Å². The van der Waals surface area contributed by atoms with E-state index in [4.69, 9.17) is 5.11 Å². The number of aliphatic imine (C=N–C) groups is 1. The number of aliphatic hydroxyl groups is 1. The monoisotopic (exact) mass is 292 g/mol. The number of aliphatic hydroxyl groups excluding tert-OH is 1. The molecular formula is C14H25LiN2O4. The van der Waals surface area contributed by atoms with Crippen molar-refractivity contribution in [2.24, 2.45) is 4.99 Å². The first kappa shape index (κ1) is 22.5. The van der Waals surface area contributed by atoms with E-state index in [0.29, 0.717) is 0 Å². The average Bonchev–Trinajstić information content (AvgIpc) is 2.34. The van der Waals surface area contributed by atoms with E-state index in [9.17, 15) is 15.0 Å². The second kappa shape index (κ2) is 14.1. The topological polar surface area (TPSA) is 96.2 Å². The maximum atomic E-state index is 11.5. The smallest absolute Gasteiger partial charge is 0.862 e. The van der Waals surface area contributed by atoms with Crippen LogP contribution in [-0.2, 0) is 4.79 Å². The van der Waals surface area contributed by atoms with Crippen LogP contribution in [-0.4, -0.2) is 52.8 Å². The maximum absolute atomic E-state index is 11.5. The van der Waals surface area contributed by atoms with E-state index in [1.807, 2.05) is 6.08 Å². The van der Waals surface area contributed by atoms with Gasteiger partial charge in [0.2, 0.25) is 0 Å². The minimum absolute atomic E-state index is 0. The predicted octanol–water partition coefficient (Wildman–Crippen LogP) is -2.39. The third kappa shape index (κ3) is 15.4. The minimum Gasteiger partial charge on any atom is -0.862 e. The first-order valence-electron chi connectivity index (χ1n) is 6.93. The van der Waals surface area contributed by atoms with E-state index < -0.39 is 12.1 Å². The summed E-state index contributed by atoms with van der Waals surface area (Å²) in [5.74, 6) is -1.29. The molecule has 0 aromatic heterocycles.